The molecule has 2 nitrogen and oxygen atoms in total. The van der Waals surface area contributed by atoms with Gasteiger partial charge < -0.3 is 11.1 Å². The van der Waals surface area contributed by atoms with Crippen LogP contribution >= 0.6 is 0 Å². The van der Waals surface area contributed by atoms with Crippen LogP contribution in [0.2, 0.25) is 0 Å². The standard InChI is InChI=1S/C9H20N2/c1-7(2)9(10)8-3-5-11-6-4-8/h7-9,11H,3-6,10H2,1-2H3/t9-/m0/s1. The number of piperidine rings is 1. The fraction of sp³-hybridized carbons (Fsp3) is 1.00. The summed E-state index contributed by atoms with van der Waals surface area (Å²) >= 11 is 0. The first-order chi connectivity index (χ1) is 5.22. The summed E-state index contributed by atoms with van der Waals surface area (Å²) in [5, 5.41) is 3.35. The Morgan fingerprint density at radius 3 is 2.27 bits per heavy atom. The van der Waals surface area contributed by atoms with E-state index in [0.717, 1.165) is 19.0 Å². The highest BCUT2D eigenvalue weighted by atomic mass is 14.9. The molecule has 0 amide bonds. The molecule has 1 fully saturated rings. The minimum absolute atomic E-state index is 0.414. The molecule has 1 aliphatic heterocycles. The van der Waals surface area contributed by atoms with E-state index >= 15 is 0 Å². The Hall–Kier alpha value is -0.0800. The molecule has 0 aromatic rings. The molecule has 3 N–H and O–H groups in total. The lowest BCUT2D eigenvalue weighted by atomic mass is 9.85. The van der Waals surface area contributed by atoms with E-state index in [-0.39, 0.29) is 0 Å². The summed E-state index contributed by atoms with van der Waals surface area (Å²) in [4.78, 5) is 0. The Bertz CT molecular complexity index is 106. The van der Waals surface area contributed by atoms with E-state index in [4.69, 9.17) is 5.73 Å². The van der Waals surface area contributed by atoms with Gasteiger partial charge in [0.25, 0.3) is 0 Å². The zero-order chi connectivity index (χ0) is 8.27. The highest BCUT2D eigenvalue weighted by molar-refractivity contribution is 4.79. The number of hydrogen-bond donors (Lipinski definition) is 2. The van der Waals surface area contributed by atoms with Crippen molar-refractivity contribution in [1.82, 2.24) is 5.32 Å². The van der Waals surface area contributed by atoms with E-state index in [9.17, 15) is 0 Å². The highest BCUT2D eigenvalue weighted by Gasteiger charge is 2.21. The first-order valence-corrected chi connectivity index (χ1v) is 4.68. The molecule has 0 spiro atoms. The molecule has 1 rings (SSSR count). The van der Waals surface area contributed by atoms with Crippen LogP contribution in [0.1, 0.15) is 26.7 Å². The van der Waals surface area contributed by atoms with E-state index in [1.807, 2.05) is 0 Å². The van der Waals surface area contributed by atoms with E-state index in [2.05, 4.69) is 19.2 Å². The van der Waals surface area contributed by atoms with Gasteiger partial charge in [0.2, 0.25) is 0 Å². The lowest BCUT2D eigenvalue weighted by molar-refractivity contribution is 0.273. The molecule has 0 unspecified atom stereocenters. The van der Waals surface area contributed by atoms with Crippen molar-refractivity contribution in [3.8, 4) is 0 Å². The van der Waals surface area contributed by atoms with Crippen molar-refractivity contribution in [2.45, 2.75) is 32.7 Å². The van der Waals surface area contributed by atoms with Crippen LogP contribution in [0.25, 0.3) is 0 Å². The van der Waals surface area contributed by atoms with Crippen molar-refractivity contribution in [2.24, 2.45) is 17.6 Å². The summed E-state index contributed by atoms with van der Waals surface area (Å²) in [6, 6.07) is 0.414. The first-order valence-electron chi connectivity index (χ1n) is 4.68. The Labute approximate surface area is 69.5 Å². The highest BCUT2D eigenvalue weighted by Crippen LogP contribution is 2.19. The minimum Gasteiger partial charge on any atom is -0.327 e. The molecule has 1 heterocycles. The maximum Gasteiger partial charge on any atom is 0.00913 e. The molecular formula is C9H20N2. The fourth-order valence-electron chi connectivity index (χ4n) is 1.77. The van der Waals surface area contributed by atoms with Crippen LogP contribution < -0.4 is 11.1 Å². The molecule has 0 radical (unpaired) electrons. The molecule has 1 aliphatic rings. The second-order valence-corrected chi connectivity index (χ2v) is 3.91. The lowest BCUT2D eigenvalue weighted by Gasteiger charge is -2.30. The molecule has 0 saturated carbocycles. The molecule has 0 aromatic carbocycles. The smallest absolute Gasteiger partial charge is 0.00913 e. The normalized spacial score (nSPS) is 24.0. The molecule has 0 aliphatic carbocycles. The average Bonchev–Trinajstić information content (AvgIpc) is 2.05. The predicted molar refractivity (Wildman–Crippen MR) is 48.4 cm³/mol. The van der Waals surface area contributed by atoms with Crippen molar-refractivity contribution in [3.63, 3.8) is 0 Å². The van der Waals surface area contributed by atoms with Crippen LogP contribution in [0.3, 0.4) is 0 Å². The van der Waals surface area contributed by atoms with Gasteiger partial charge in [0, 0.05) is 6.04 Å². The molecule has 1 atom stereocenters. The van der Waals surface area contributed by atoms with E-state index in [1.54, 1.807) is 0 Å². The number of nitrogens with two attached hydrogens (primary N) is 1. The second kappa shape index (κ2) is 4.07. The number of nitrogens with one attached hydrogen (secondary N) is 1. The molecular weight excluding hydrogens is 136 g/mol. The van der Waals surface area contributed by atoms with Crippen molar-refractivity contribution in [1.29, 1.82) is 0 Å². The molecule has 66 valence electrons. The largest absolute Gasteiger partial charge is 0.327 e. The Kier molecular flexibility index (Phi) is 3.34. The van der Waals surface area contributed by atoms with Crippen LogP contribution in [0.5, 0.6) is 0 Å². The van der Waals surface area contributed by atoms with Crippen molar-refractivity contribution in [3.05, 3.63) is 0 Å². The molecule has 2 heteroatoms. The molecule has 0 aromatic heterocycles. The summed E-state index contributed by atoms with van der Waals surface area (Å²) in [5.41, 5.74) is 6.06. The van der Waals surface area contributed by atoms with E-state index in [1.165, 1.54) is 12.8 Å². The number of hydrogen-bond acceptors (Lipinski definition) is 2. The Morgan fingerprint density at radius 2 is 1.82 bits per heavy atom. The quantitative estimate of drug-likeness (QED) is 0.625. The van der Waals surface area contributed by atoms with Gasteiger partial charge in [0.05, 0.1) is 0 Å². The summed E-state index contributed by atoms with van der Waals surface area (Å²) < 4.78 is 0. The van der Waals surface area contributed by atoms with Gasteiger partial charge in [-0.3, -0.25) is 0 Å². The minimum atomic E-state index is 0.414. The van der Waals surface area contributed by atoms with Gasteiger partial charge in [-0.15, -0.1) is 0 Å². The van der Waals surface area contributed by atoms with Crippen LogP contribution in [-0.2, 0) is 0 Å². The van der Waals surface area contributed by atoms with Crippen molar-refractivity contribution in [2.75, 3.05) is 13.1 Å². The summed E-state index contributed by atoms with van der Waals surface area (Å²) in [5.74, 6) is 1.40. The maximum atomic E-state index is 6.06. The van der Waals surface area contributed by atoms with Crippen molar-refractivity contribution < 1.29 is 0 Å². The van der Waals surface area contributed by atoms with E-state index in [0.29, 0.717) is 12.0 Å². The maximum absolute atomic E-state index is 6.06. The monoisotopic (exact) mass is 156 g/mol. The number of rotatable bonds is 2. The predicted octanol–water partition coefficient (Wildman–Crippen LogP) is 0.969. The summed E-state index contributed by atoms with van der Waals surface area (Å²) in [6.07, 6.45) is 2.53. The zero-order valence-corrected chi connectivity index (χ0v) is 7.64. The fourth-order valence-corrected chi connectivity index (χ4v) is 1.77. The SMILES string of the molecule is CC(C)[C@H](N)C1CCNCC1. The third-order valence-corrected chi connectivity index (χ3v) is 2.70. The molecule has 11 heavy (non-hydrogen) atoms. The molecule has 0 bridgehead atoms. The Morgan fingerprint density at radius 1 is 1.27 bits per heavy atom. The van der Waals surface area contributed by atoms with Crippen LogP contribution in [0.4, 0.5) is 0 Å². The van der Waals surface area contributed by atoms with Gasteiger partial charge in [-0.25, -0.2) is 0 Å². The van der Waals surface area contributed by atoms with Gasteiger partial charge in [-0.1, -0.05) is 13.8 Å². The lowest BCUT2D eigenvalue weighted by Crippen LogP contribution is -2.41. The third-order valence-electron chi connectivity index (χ3n) is 2.70. The van der Waals surface area contributed by atoms with Crippen LogP contribution in [0, 0.1) is 11.8 Å². The summed E-state index contributed by atoms with van der Waals surface area (Å²) in [6.45, 7) is 6.75. The second-order valence-electron chi connectivity index (χ2n) is 3.91. The first kappa shape index (κ1) is 9.01. The van der Waals surface area contributed by atoms with Gasteiger partial charge >= 0.3 is 0 Å². The zero-order valence-electron chi connectivity index (χ0n) is 7.64. The van der Waals surface area contributed by atoms with Crippen molar-refractivity contribution >= 4 is 0 Å². The third kappa shape index (κ3) is 2.46. The van der Waals surface area contributed by atoms with E-state index < -0.39 is 0 Å². The molecule has 1 saturated heterocycles. The topological polar surface area (TPSA) is 38.0 Å². The van der Waals surface area contributed by atoms with Gasteiger partial charge in [-0.05, 0) is 37.8 Å². The van der Waals surface area contributed by atoms with Gasteiger partial charge in [0.1, 0.15) is 0 Å². The Balaban J connectivity index is 2.32. The average molecular weight is 156 g/mol. The van der Waals surface area contributed by atoms with Gasteiger partial charge in [-0.2, -0.15) is 0 Å². The van der Waals surface area contributed by atoms with Gasteiger partial charge in [0.15, 0.2) is 0 Å². The van der Waals surface area contributed by atoms with Crippen LogP contribution in [-0.4, -0.2) is 19.1 Å². The van der Waals surface area contributed by atoms with Crippen LogP contribution in [0.15, 0.2) is 0 Å². The summed E-state index contributed by atoms with van der Waals surface area (Å²) in [7, 11) is 0.